The van der Waals surface area contributed by atoms with E-state index in [-0.39, 0.29) is 24.8 Å². The second-order valence-electron chi connectivity index (χ2n) is 6.17. The first-order valence-corrected chi connectivity index (χ1v) is 9.28. The van der Waals surface area contributed by atoms with E-state index in [2.05, 4.69) is 9.72 Å². The molecule has 2 rings (SSSR count). The summed E-state index contributed by atoms with van der Waals surface area (Å²) in [6.45, 7) is 3.28. The highest BCUT2D eigenvalue weighted by atomic mass is 16.5. The third-order valence-electron chi connectivity index (χ3n) is 4.01. The van der Waals surface area contributed by atoms with Crippen molar-refractivity contribution >= 4 is 18.0 Å². The van der Waals surface area contributed by atoms with Gasteiger partial charge in [0.2, 0.25) is 5.91 Å². The van der Waals surface area contributed by atoms with E-state index in [1.54, 1.807) is 23.4 Å². The molecule has 0 aliphatic carbocycles. The number of para-hydroxylation sites is 1. The van der Waals surface area contributed by atoms with Gasteiger partial charge in [-0.25, -0.2) is 0 Å². The Morgan fingerprint density at radius 3 is 2.71 bits per heavy atom. The Morgan fingerprint density at radius 2 is 2.00 bits per heavy atom. The van der Waals surface area contributed by atoms with Crippen molar-refractivity contribution in [1.29, 1.82) is 0 Å². The minimum Gasteiger partial charge on any atom is -0.493 e. The Kier molecular flexibility index (Phi) is 8.72. The molecule has 0 saturated carbocycles. The Labute approximate surface area is 165 Å². The van der Waals surface area contributed by atoms with Crippen molar-refractivity contribution < 1.29 is 19.1 Å². The average Bonchev–Trinajstić information content (AvgIpc) is 2.74. The maximum absolute atomic E-state index is 12.8. The van der Waals surface area contributed by atoms with Crippen LogP contribution < -0.4 is 4.74 Å². The van der Waals surface area contributed by atoms with Crippen LogP contribution in [0.4, 0.5) is 0 Å². The molecule has 0 aliphatic heterocycles. The molecule has 6 heteroatoms. The molecule has 0 atom stereocenters. The number of aromatic nitrogens is 1. The SMILES string of the molecule is CCCOc1ccccc1/C=C/C(=O)N(CCC(=O)OC)Cc1cccnc1. The Balaban J connectivity index is 2.12. The summed E-state index contributed by atoms with van der Waals surface area (Å²) in [5.41, 5.74) is 1.72. The molecule has 148 valence electrons. The van der Waals surface area contributed by atoms with Gasteiger partial charge in [-0.1, -0.05) is 31.2 Å². The van der Waals surface area contributed by atoms with E-state index in [0.29, 0.717) is 13.2 Å². The molecule has 1 heterocycles. The minimum atomic E-state index is -0.355. The summed E-state index contributed by atoms with van der Waals surface area (Å²) in [5.74, 6) is 0.186. The van der Waals surface area contributed by atoms with E-state index < -0.39 is 0 Å². The van der Waals surface area contributed by atoms with Gasteiger partial charge < -0.3 is 14.4 Å². The van der Waals surface area contributed by atoms with Crippen molar-refractivity contribution in [1.82, 2.24) is 9.88 Å². The smallest absolute Gasteiger partial charge is 0.307 e. The normalized spacial score (nSPS) is 10.6. The second-order valence-corrected chi connectivity index (χ2v) is 6.17. The molecule has 28 heavy (non-hydrogen) atoms. The van der Waals surface area contributed by atoms with E-state index in [0.717, 1.165) is 23.3 Å². The van der Waals surface area contributed by atoms with Crippen LogP contribution in [0.25, 0.3) is 6.08 Å². The molecule has 0 N–H and O–H groups in total. The number of nitrogens with zero attached hydrogens (tertiary/aromatic N) is 2. The summed E-state index contributed by atoms with van der Waals surface area (Å²) in [4.78, 5) is 30.0. The van der Waals surface area contributed by atoms with Crippen LogP contribution in [0, 0.1) is 0 Å². The van der Waals surface area contributed by atoms with Crippen molar-refractivity contribution in [3.05, 3.63) is 66.0 Å². The van der Waals surface area contributed by atoms with E-state index >= 15 is 0 Å². The van der Waals surface area contributed by atoms with Gasteiger partial charge in [0.25, 0.3) is 0 Å². The van der Waals surface area contributed by atoms with Crippen LogP contribution >= 0.6 is 0 Å². The van der Waals surface area contributed by atoms with Gasteiger partial charge in [0.05, 0.1) is 20.1 Å². The number of amides is 1. The predicted octanol–water partition coefficient (Wildman–Crippen LogP) is 3.48. The molecule has 1 amide bonds. The van der Waals surface area contributed by atoms with Crippen molar-refractivity contribution in [2.75, 3.05) is 20.3 Å². The molecular formula is C22H26N2O4. The molecular weight excluding hydrogens is 356 g/mol. The maximum Gasteiger partial charge on any atom is 0.307 e. The lowest BCUT2D eigenvalue weighted by Crippen LogP contribution is -2.31. The molecule has 0 bridgehead atoms. The summed E-state index contributed by atoms with van der Waals surface area (Å²) in [5, 5.41) is 0. The van der Waals surface area contributed by atoms with Crippen molar-refractivity contribution in [2.24, 2.45) is 0 Å². The predicted molar refractivity (Wildman–Crippen MR) is 108 cm³/mol. The first-order valence-electron chi connectivity index (χ1n) is 9.28. The molecule has 2 aromatic rings. The third kappa shape index (κ3) is 6.87. The van der Waals surface area contributed by atoms with Crippen LogP contribution in [0.5, 0.6) is 5.75 Å². The largest absolute Gasteiger partial charge is 0.493 e. The fraction of sp³-hybridized carbons (Fsp3) is 0.318. The van der Waals surface area contributed by atoms with E-state index in [1.165, 1.54) is 13.2 Å². The number of hydrogen-bond donors (Lipinski definition) is 0. The first-order chi connectivity index (χ1) is 13.6. The summed E-state index contributed by atoms with van der Waals surface area (Å²) in [7, 11) is 1.34. The zero-order valence-corrected chi connectivity index (χ0v) is 16.3. The van der Waals surface area contributed by atoms with E-state index in [1.807, 2.05) is 43.3 Å². The standard InChI is InChI=1S/C22H26N2O4/c1-3-15-28-20-9-5-4-8-19(20)10-11-21(25)24(14-12-22(26)27-2)17-18-7-6-13-23-16-18/h4-11,13,16H,3,12,14-15,17H2,1-2H3/b11-10+. The van der Waals surface area contributed by atoms with Crippen molar-refractivity contribution in [3.8, 4) is 5.75 Å². The number of pyridine rings is 1. The Bertz CT molecular complexity index is 790. The zero-order chi connectivity index (χ0) is 20.2. The molecule has 0 unspecified atom stereocenters. The van der Waals surface area contributed by atoms with Gasteiger partial charge in [-0.2, -0.15) is 0 Å². The van der Waals surface area contributed by atoms with Crippen molar-refractivity contribution in [2.45, 2.75) is 26.3 Å². The number of hydrogen-bond acceptors (Lipinski definition) is 5. The van der Waals surface area contributed by atoms with Gasteiger partial charge >= 0.3 is 5.97 Å². The van der Waals surface area contributed by atoms with Crippen LogP contribution in [0.1, 0.15) is 30.9 Å². The lowest BCUT2D eigenvalue weighted by atomic mass is 10.1. The van der Waals surface area contributed by atoms with Gasteiger partial charge in [0.15, 0.2) is 0 Å². The van der Waals surface area contributed by atoms with Gasteiger partial charge in [0, 0.05) is 37.1 Å². The average molecular weight is 382 g/mol. The van der Waals surface area contributed by atoms with Crippen LogP contribution in [0.2, 0.25) is 0 Å². The van der Waals surface area contributed by atoms with Crippen LogP contribution in [0.15, 0.2) is 54.9 Å². The Hall–Kier alpha value is -3.15. The highest BCUT2D eigenvalue weighted by molar-refractivity contribution is 5.92. The van der Waals surface area contributed by atoms with Gasteiger partial charge in [0.1, 0.15) is 5.75 Å². The number of benzene rings is 1. The monoisotopic (exact) mass is 382 g/mol. The van der Waals surface area contributed by atoms with Gasteiger partial charge in [-0.15, -0.1) is 0 Å². The second kappa shape index (κ2) is 11.5. The van der Waals surface area contributed by atoms with Gasteiger partial charge in [-0.3, -0.25) is 14.6 Å². The number of carbonyl (C=O) groups is 2. The molecule has 6 nitrogen and oxygen atoms in total. The zero-order valence-electron chi connectivity index (χ0n) is 16.3. The van der Waals surface area contributed by atoms with E-state index in [4.69, 9.17) is 4.74 Å². The number of methoxy groups -OCH3 is 1. The van der Waals surface area contributed by atoms with Crippen LogP contribution in [0.3, 0.4) is 0 Å². The fourth-order valence-electron chi connectivity index (χ4n) is 2.54. The van der Waals surface area contributed by atoms with E-state index in [9.17, 15) is 9.59 Å². The summed E-state index contributed by atoms with van der Waals surface area (Å²) < 4.78 is 10.4. The molecule has 0 fully saturated rings. The summed E-state index contributed by atoms with van der Waals surface area (Å²) >= 11 is 0. The molecule has 0 saturated heterocycles. The molecule has 0 aliphatic rings. The number of esters is 1. The van der Waals surface area contributed by atoms with Crippen LogP contribution in [-0.4, -0.2) is 42.0 Å². The number of carbonyl (C=O) groups excluding carboxylic acids is 2. The Morgan fingerprint density at radius 1 is 1.18 bits per heavy atom. The lowest BCUT2D eigenvalue weighted by molar-refractivity contribution is -0.141. The van der Waals surface area contributed by atoms with Gasteiger partial charge in [-0.05, 0) is 30.2 Å². The molecule has 1 aromatic carbocycles. The summed E-state index contributed by atoms with van der Waals surface area (Å²) in [6.07, 6.45) is 7.66. The third-order valence-corrected chi connectivity index (χ3v) is 4.01. The molecule has 0 spiro atoms. The van der Waals surface area contributed by atoms with Crippen molar-refractivity contribution in [3.63, 3.8) is 0 Å². The minimum absolute atomic E-state index is 0.131. The molecule has 0 radical (unpaired) electrons. The maximum atomic E-state index is 12.8. The quantitative estimate of drug-likeness (QED) is 0.465. The fourth-order valence-corrected chi connectivity index (χ4v) is 2.54. The van der Waals surface area contributed by atoms with Crippen LogP contribution in [-0.2, 0) is 20.9 Å². The highest BCUT2D eigenvalue weighted by Gasteiger charge is 2.14. The first kappa shape index (κ1) is 21.2. The number of ether oxygens (including phenoxy) is 2. The lowest BCUT2D eigenvalue weighted by Gasteiger charge is -2.20. The highest BCUT2D eigenvalue weighted by Crippen LogP contribution is 2.20. The molecule has 1 aromatic heterocycles. The topological polar surface area (TPSA) is 68.7 Å². The number of rotatable bonds is 10. The summed E-state index contributed by atoms with van der Waals surface area (Å²) in [6, 6.07) is 11.3.